The first-order valence-electron chi connectivity index (χ1n) is 6.67. The van der Waals surface area contributed by atoms with Crippen molar-refractivity contribution in [1.29, 1.82) is 0 Å². The van der Waals surface area contributed by atoms with Gasteiger partial charge in [0, 0.05) is 11.3 Å². The van der Waals surface area contributed by atoms with Crippen molar-refractivity contribution in [2.24, 2.45) is 0 Å². The fraction of sp³-hybridized carbons (Fsp3) is 0.357. The monoisotopic (exact) mass is 392 g/mol. The maximum Gasteiger partial charge on any atom is 0.175 e. The first-order valence-corrected chi connectivity index (χ1v) is 10.2. The smallest absolute Gasteiger partial charge is 0.175 e. The molecule has 0 saturated carbocycles. The van der Waals surface area contributed by atoms with Crippen molar-refractivity contribution in [1.82, 2.24) is 10.2 Å². The van der Waals surface area contributed by atoms with Crippen LogP contribution in [-0.2, 0) is 0 Å². The van der Waals surface area contributed by atoms with E-state index in [1.807, 2.05) is 0 Å². The standard InChI is InChI=1S/C14H14Cl2N2OS3/c1-2-3-6-20-13-17-18-14(22-13)21-8-12(19)9-4-5-10(15)11(16)7-9/h4-5,7H,2-3,6,8H2,1H3. The summed E-state index contributed by atoms with van der Waals surface area (Å²) in [5.74, 6) is 1.36. The van der Waals surface area contributed by atoms with E-state index in [2.05, 4.69) is 17.1 Å². The second-order valence-electron chi connectivity index (χ2n) is 4.38. The van der Waals surface area contributed by atoms with Crippen LogP contribution >= 0.6 is 58.1 Å². The van der Waals surface area contributed by atoms with Gasteiger partial charge in [0.15, 0.2) is 14.5 Å². The number of Topliss-reactive ketones (excluding diaryl/α,β-unsaturated/α-hetero) is 1. The second kappa shape index (κ2) is 9.13. The van der Waals surface area contributed by atoms with Crippen LogP contribution in [0.2, 0.25) is 10.0 Å². The number of nitrogens with zero attached hydrogens (tertiary/aromatic N) is 2. The predicted octanol–water partition coefficient (Wildman–Crippen LogP) is 5.71. The number of aromatic nitrogens is 2. The lowest BCUT2D eigenvalue weighted by molar-refractivity contribution is 0.102. The van der Waals surface area contributed by atoms with Gasteiger partial charge >= 0.3 is 0 Å². The predicted molar refractivity (Wildman–Crippen MR) is 97.1 cm³/mol. The summed E-state index contributed by atoms with van der Waals surface area (Å²) >= 11 is 16.4. The van der Waals surface area contributed by atoms with Gasteiger partial charge in [0.05, 0.1) is 15.8 Å². The van der Waals surface area contributed by atoms with Gasteiger partial charge in [-0.1, -0.05) is 71.4 Å². The van der Waals surface area contributed by atoms with Crippen LogP contribution in [-0.4, -0.2) is 27.5 Å². The van der Waals surface area contributed by atoms with E-state index in [9.17, 15) is 4.79 Å². The number of benzene rings is 1. The van der Waals surface area contributed by atoms with Crippen LogP contribution < -0.4 is 0 Å². The largest absolute Gasteiger partial charge is 0.293 e. The number of halogens is 2. The van der Waals surface area contributed by atoms with Crippen molar-refractivity contribution in [3.63, 3.8) is 0 Å². The van der Waals surface area contributed by atoms with Gasteiger partial charge in [0.25, 0.3) is 0 Å². The summed E-state index contributed by atoms with van der Waals surface area (Å²) in [5, 5.41) is 9.07. The van der Waals surface area contributed by atoms with E-state index in [1.54, 1.807) is 30.0 Å². The van der Waals surface area contributed by atoms with Crippen molar-refractivity contribution in [3.05, 3.63) is 33.8 Å². The highest BCUT2D eigenvalue weighted by atomic mass is 35.5. The van der Waals surface area contributed by atoms with Crippen LogP contribution in [0, 0.1) is 0 Å². The van der Waals surface area contributed by atoms with Gasteiger partial charge in [-0.2, -0.15) is 0 Å². The Kier molecular flexibility index (Phi) is 7.50. The van der Waals surface area contributed by atoms with Gasteiger partial charge in [-0.05, 0) is 24.6 Å². The third-order valence-corrected chi connectivity index (χ3v) is 6.69. The van der Waals surface area contributed by atoms with Gasteiger partial charge in [-0.3, -0.25) is 4.79 Å². The van der Waals surface area contributed by atoms with E-state index in [0.717, 1.165) is 14.4 Å². The minimum absolute atomic E-state index is 0.000970. The van der Waals surface area contributed by atoms with E-state index in [0.29, 0.717) is 21.4 Å². The molecule has 1 aromatic heterocycles. The van der Waals surface area contributed by atoms with E-state index in [1.165, 1.54) is 35.9 Å². The van der Waals surface area contributed by atoms with Crippen molar-refractivity contribution in [2.75, 3.05) is 11.5 Å². The molecular formula is C14H14Cl2N2OS3. The van der Waals surface area contributed by atoms with E-state index in [4.69, 9.17) is 23.2 Å². The molecule has 0 aliphatic heterocycles. The highest BCUT2D eigenvalue weighted by Gasteiger charge is 2.11. The minimum atomic E-state index is -0.000970. The third-order valence-electron chi connectivity index (χ3n) is 2.68. The zero-order valence-electron chi connectivity index (χ0n) is 11.8. The maximum atomic E-state index is 12.1. The van der Waals surface area contributed by atoms with Crippen LogP contribution in [0.5, 0.6) is 0 Å². The Balaban J connectivity index is 1.86. The molecular weight excluding hydrogens is 379 g/mol. The lowest BCUT2D eigenvalue weighted by atomic mass is 10.1. The minimum Gasteiger partial charge on any atom is -0.293 e. The zero-order chi connectivity index (χ0) is 15.9. The van der Waals surface area contributed by atoms with Crippen molar-refractivity contribution < 1.29 is 4.79 Å². The lowest BCUT2D eigenvalue weighted by Gasteiger charge is -2.01. The maximum absolute atomic E-state index is 12.1. The summed E-state index contributed by atoms with van der Waals surface area (Å²) in [6.45, 7) is 2.16. The number of hydrogen-bond acceptors (Lipinski definition) is 6. The number of hydrogen-bond donors (Lipinski definition) is 0. The summed E-state index contributed by atoms with van der Waals surface area (Å²) < 4.78 is 1.77. The molecule has 118 valence electrons. The Bertz CT molecular complexity index is 649. The number of carbonyl (C=O) groups is 1. The first-order chi connectivity index (χ1) is 10.6. The van der Waals surface area contributed by atoms with E-state index in [-0.39, 0.29) is 5.78 Å². The highest BCUT2D eigenvalue weighted by Crippen LogP contribution is 2.30. The Morgan fingerprint density at radius 3 is 2.59 bits per heavy atom. The zero-order valence-corrected chi connectivity index (χ0v) is 15.8. The van der Waals surface area contributed by atoms with Crippen LogP contribution in [0.25, 0.3) is 0 Å². The van der Waals surface area contributed by atoms with Crippen LogP contribution in [0.3, 0.4) is 0 Å². The molecule has 0 aliphatic carbocycles. The lowest BCUT2D eigenvalue weighted by Crippen LogP contribution is -2.02. The number of rotatable bonds is 8. The van der Waals surface area contributed by atoms with Crippen LogP contribution in [0.4, 0.5) is 0 Å². The molecule has 2 rings (SSSR count). The highest BCUT2D eigenvalue weighted by molar-refractivity contribution is 8.03. The molecule has 22 heavy (non-hydrogen) atoms. The SMILES string of the molecule is CCCCSc1nnc(SCC(=O)c2ccc(Cl)c(Cl)c2)s1. The topological polar surface area (TPSA) is 42.9 Å². The van der Waals surface area contributed by atoms with Crippen LogP contribution in [0.1, 0.15) is 30.1 Å². The van der Waals surface area contributed by atoms with Gasteiger partial charge in [-0.15, -0.1) is 10.2 Å². The molecule has 2 aromatic rings. The molecule has 0 aliphatic rings. The summed E-state index contributed by atoms with van der Waals surface area (Å²) in [6.07, 6.45) is 2.34. The molecule has 1 heterocycles. The number of carbonyl (C=O) groups excluding carboxylic acids is 1. The third kappa shape index (κ3) is 5.42. The summed E-state index contributed by atoms with van der Waals surface area (Å²) in [6, 6.07) is 4.91. The molecule has 1 aromatic carbocycles. The molecule has 0 bridgehead atoms. The molecule has 3 nitrogen and oxygen atoms in total. The summed E-state index contributed by atoms with van der Waals surface area (Å²) in [5.41, 5.74) is 0.559. The number of unbranched alkanes of at least 4 members (excludes halogenated alkanes) is 1. The Labute approximate surface area is 152 Å². The van der Waals surface area contributed by atoms with Crippen molar-refractivity contribution >= 4 is 63.8 Å². The fourth-order valence-electron chi connectivity index (χ4n) is 1.50. The van der Waals surface area contributed by atoms with E-state index >= 15 is 0 Å². The van der Waals surface area contributed by atoms with Crippen LogP contribution in [0.15, 0.2) is 26.9 Å². The van der Waals surface area contributed by atoms with Crippen molar-refractivity contribution in [2.45, 2.75) is 28.4 Å². The average Bonchev–Trinajstić information content (AvgIpc) is 2.96. The normalized spacial score (nSPS) is 10.9. The van der Waals surface area contributed by atoms with Gasteiger partial charge in [-0.25, -0.2) is 0 Å². The molecule has 0 spiro atoms. The van der Waals surface area contributed by atoms with Gasteiger partial charge in [0.1, 0.15) is 0 Å². The molecule has 0 amide bonds. The number of ketones is 1. The quantitative estimate of drug-likeness (QED) is 0.326. The molecule has 0 N–H and O–H groups in total. The van der Waals surface area contributed by atoms with Gasteiger partial charge in [0.2, 0.25) is 0 Å². The fourth-order valence-corrected chi connectivity index (χ4v) is 4.86. The second-order valence-corrected chi connectivity index (χ2v) is 8.73. The number of thioether (sulfide) groups is 2. The summed E-state index contributed by atoms with van der Waals surface area (Å²) in [4.78, 5) is 12.1. The summed E-state index contributed by atoms with van der Waals surface area (Å²) in [7, 11) is 0. The average molecular weight is 393 g/mol. The molecule has 0 unspecified atom stereocenters. The first kappa shape index (κ1) is 18.1. The van der Waals surface area contributed by atoms with Gasteiger partial charge < -0.3 is 0 Å². The molecule has 0 fully saturated rings. The van der Waals surface area contributed by atoms with Crippen molar-refractivity contribution in [3.8, 4) is 0 Å². The Morgan fingerprint density at radius 2 is 1.91 bits per heavy atom. The van der Waals surface area contributed by atoms with E-state index < -0.39 is 0 Å². The Morgan fingerprint density at radius 1 is 1.18 bits per heavy atom. The molecule has 0 radical (unpaired) electrons. The molecule has 0 saturated heterocycles. The molecule has 0 atom stereocenters. The Hall–Kier alpha value is -0.270. The molecule has 8 heteroatoms.